The van der Waals surface area contributed by atoms with Crippen LogP contribution in [0.2, 0.25) is 0 Å². The molecule has 0 spiro atoms. The molecule has 2 aromatic rings. The van der Waals surface area contributed by atoms with Crippen molar-refractivity contribution in [2.75, 3.05) is 45.2 Å². The van der Waals surface area contributed by atoms with Crippen molar-refractivity contribution < 1.29 is 26.9 Å². The normalized spacial score (nSPS) is 15.0. The molecule has 166 valence electrons. The van der Waals surface area contributed by atoms with Gasteiger partial charge in [0.2, 0.25) is 10.0 Å². The minimum Gasteiger partial charge on any atom is -0.377 e. The summed E-state index contributed by atoms with van der Waals surface area (Å²) in [6.07, 6.45) is 0. The number of amides is 1. The number of carbonyl (C=O) groups is 1. The molecule has 0 saturated carbocycles. The second kappa shape index (κ2) is 8.55. The Balaban J connectivity index is 1.82. The number of rotatable bonds is 5. The monoisotopic (exact) mass is 454 g/mol. The lowest BCUT2D eigenvalue weighted by atomic mass is 10.1. The van der Waals surface area contributed by atoms with Crippen LogP contribution in [-0.2, 0) is 10.0 Å². The molecule has 1 saturated heterocycles. The molecule has 0 aromatic heterocycles. The summed E-state index contributed by atoms with van der Waals surface area (Å²) < 4.78 is 54.3. The molecule has 0 N–H and O–H groups in total. The minimum atomic E-state index is -4.43. The van der Waals surface area contributed by atoms with E-state index in [-0.39, 0.29) is 37.4 Å². The van der Waals surface area contributed by atoms with Gasteiger partial charge in [-0.15, -0.1) is 0 Å². The minimum absolute atomic E-state index is 0.0380. The molecular formula is C19H20F2N4O5S. The molecule has 0 atom stereocenters. The van der Waals surface area contributed by atoms with Crippen molar-refractivity contribution in [1.29, 1.82) is 0 Å². The maximum absolute atomic E-state index is 14.0. The quantitative estimate of drug-likeness (QED) is 0.506. The van der Waals surface area contributed by atoms with Crippen LogP contribution in [0.3, 0.4) is 0 Å². The predicted octanol–water partition coefficient (Wildman–Crippen LogP) is 2.09. The lowest BCUT2D eigenvalue weighted by Gasteiger charge is -2.34. The molecule has 2 aromatic carbocycles. The van der Waals surface area contributed by atoms with E-state index < -0.39 is 37.4 Å². The third kappa shape index (κ3) is 4.35. The maximum atomic E-state index is 14.0. The first-order chi connectivity index (χ1) is 14.5. The molecule has 1 heterocycles. The van der Waals surface area contributed by atoms with Gasteiger partial charge in [0.15, 0.2) is 4.90 Å². The summed E-state index contributed by atoms with van der Waals surface area (Å²) in [5.74, 6) is -2.88. The summed E-state index contributed by atoms with van der Waals surface area (Å²) in [4.78, 5) is 25.5. The molecule has 1 amide bonds. The smallest absolute Gasteiger partial charge is 0.270 e. The van der Waals surface area contributed by atoms with E-state index in [9.17, 15) is 32.1 Å². The molecule has 0 aliphatic carbocycles. The van der Waals surface area contributed by atoms with Gasteiger partial charge in [0.25, 0.3) is 11.6 Å². The predicted molar refractivity (Wildman–Crippen MR) is 108 cm³/mol. The number of nitrogens with zero attached hydrogens (tertiary/aromatic N) is 4. The van der Waals surface area contributed by atoms with E-state index in [4.69, 9.17) is 0 Å². The number of nitro groups is 1. The Hall–Kier alpha value is -3.12. The lowest BCUT2D eigenvalue weighted by molar-refractivity contribution is -0.384. The van der Waals surface area contributed by atoms with E-state index in [2.05, 4.69) is 0 Å². The van der Waals surface area contributed by atoms with Crippen LogP contribution in [-0.4, -0.2) is 68.7 Å². The van der Waals surface area contributed by atoms with Gasteiger partial charge >= 0.3 is 0 Å². The number of sulfonamides is 1. The second-order valence-corrected chi connectivity index (χ2v) is 8.97. The van der Waals surface area contributed by atoms with Crippen molar-refractivity contribution in [3.63, 3.8) is 0 Å². The number of non-ortho nitro benzene ring substituents is 1. The number of hydrogen-bond acceptors (Lipinski definition) is 6. The van der Waals surface area contributed by atoms with Crippen molar-refractivity contribution >= 4 is 27.3 Å². The molecule has 1 fully saturated rings. The van der Waals surface area contributed by atoms with E-state index in [0.29, 0.717) is 5.69 Å². The van der Waals surface area contributed by atoms with Crippen LogP contribution in [0.25, 0.3) is 0 Å². The zero-order valence-corrected chi connectivity index (χ0v) is 17.6. The van der Waals surface area contributed by atoms with E-state index in [1.165, 1.54) is 23.1 Å². The van der Waals surface area contributed by atoms with Gasteiger partial charge < -0.3 is 9.80 Å². The number of piperazine rings is 1. The topological polar surface area (TPSA) is 104 Å². The van der Waals surface area contributed by atoms with Gasteiger partial charge in [-0.2, -0.15) is 4.31 Å². The Morgan fingerprint density at radius 1 is 1.06 bits per heavy atom. The van der Waals surface area contributed by atoms with Crippen molar-refractivity contribution in [2.24, 2.45) is 0 Å². The fourth-order valence-electron chi connectivity index (χ4n) is 3.36. The highest BCUT2D eigenvalue weighted by atomic mass is 32.2. The van der Waals surface area contributed by atoms with Gasteiger partial charge in [-0.1, -0.05) is 6.07 Å². The van der Waals surface area contributed by atoms with Gasteiger partial charge in [-0.25, -0.2) is 17.2 Å². The number of anilines is 1. The fraction of sp³-hybridized carbons (Fsp3) is 0.316. The summed E-state index contributed by atoms with van der Waals surface area (Å²) in [5, 5.41) is 11.1. The van der Waals surface area contributed by atoms with Crippen LogP contribution in [0.4, 0.5) is 20.2 Å². The second-order valence-electron chi connectivity index (χ2n) is 7.10. The van der Waals surface area contributed by atoms with Crippen molar-refractivity contribution in [1.82, 2.24) is 9.21 Å². The Morgan fingerprint density at radius 2 is 1.65 bits per heavy atom. The van der Waals surface area contributed by atoms with Gasteiger partial charge in [0.1, 0.15) is 11.6 Å². The maximum Gasteiger partial charge on any atom is 0.270 e. The van der Waals surface area contributed by atoms with Crippen LogP contribution in [0.5, 0.6) is 0 Å². The molecule has 0 unspecified atom stereocenters. The summed E-state index contributed by atoms with van der Waals surface area (Å²) in [6, 6.07) is 6.73. The molecule has 9 nitrogen and oxygen atoms in total. The molecule has 31 heavy (non-hydrogen) atoms. The van der Waals surface area contributed by atoms with Gasteiger partial charge in [0.05, 0.1) is 10.5 Å². The average Bonchev–Trinajstić information content (AvgIpc) is 2.72. The summed E-state index contributed by atoms with van der Waals surface area (Å²) in [6.45, 7) is -0.421. The van der Waals surface area contributed by atoms with Crippen molar-refractivity contribution in [2.45, 2.75) is 4.90 Å². The summed E-state index contributed by atoms with van der Waals surface area (Å²) in [5.41, 5.74) is 0.333. The average molecular weight is 454 g/mol. The van der Waals surface area contributed by atoms with E-state index in [1.54, 1.807) is 19.0 Å². The highest BCUT2D eigenvalue weighted by Crippen LogP contribution is 2.27. The van der Waals surface area contributed by atoms with Crippen LogP contribution < -0.4 is 4.90 Å². The standard InChI is InChI=1S/C19H20F2N4O5S/c1-22(2)17-7-6-13(25(27)28)12-14(17)19(26)23-8-10-24(11-9-23)31(29,30)18-15(20)4-3-5-16(18)21/h3-7,12H,8-11H2,1-2H3. The third-order valence-electron chi connectivity index (χ3n) is 4.95. The third-order valence-corrected chi connectivity index (χ3v) is 6.90. The van der Waals surface area contributed by atoms with E-state index in [0.717, 1.165) is 22.5 Å². The summed E-state index contributed by atoms with van der Waals surface area (Å²) >= 11 is 0. The molecule has 3 rings (SSSR count). The summed E-state index contributed by atoms with van der Waals surface area (Å²) in [7, 11) is -1.06. The zero-order valence-electron chi connectivity index (χ0n) is 16.8. The van der Waals surface area contributed by atoms with Crippen LogP contribution in [0.1, 0.15) is 10.4 Å². The van der Waals surface area contributed by atoms with Gasteiger partial charge in [-0.05, 0) is 18.2 Å². The number of hydrogen-bond donors (Lipinski definition) is 0. The van der Waals surface area contributed by atoms with E-state index in [1.807, 2.05) is 0 Å². The van der Waals surface area contributed by atoms with Gasteiger partial charge in [0, 0.05) is 58.1 Å². The van der Waals surface area contributed by atoms with Crippen LogP contribution >= 0.6 is 0 Å². The molecule has 1 aliphatic rings. The molecule has 1 aliphatic heterocycles. The molecular weight excluding hydrogens is 434 g/mol. The van der Waals surface area contributed by atoms with Gasteiger partial charge in [-0.3, -0.25) is 14.9 Å². The Morgan fingerprint density at radius 3 is 2.16 bits per heavy atom. The number of benzene rings is 2. The molecule has 0 bridgehead atoms. The first kappa shape index (κ1) is 22.6. The largest absolute Gasteiger partial charge is 0.377 e. The number of halogens is 2. The van der Waals surface area contributed by atoms with Crippen molar-refractivity contribution in [3.05, 3.63) is 63.7 Å². The van der Waals surface area contributed by atoms with Crippen molar-refractivity contribution in [3.8, 4) is 0 Å². The molecule has 0 radical (unpaired) electrons. The van der Waals surface area contributed by atoms with E-state index >= 15 is 0 Å². The number of nitro benzene ring substituents is 1. The highest BCUT2D eigenvalue weighted by molar-refractivity contribution is 7.89. The van der Waals surface area contributed by atoms with Crippen LogP contribution in [0.15, 0.2) is 41.3 Å². The Bertz CT molecular complexity index is 1110. The lowest BCUT2D eigenvalue weighted by Crippen LogP contribution is -2.50. The fourth-order valence-corrected chi connectivity index (χ4v) is 4.89. The Labute approximate surface area is 177 Å². The number of carbonyl (C=O) groups excluding carboxylic acids is 1. The first-order valence-electron chi connectivity index (χ1n) is 9.23. The van der Waals surface area contributed by atoms with Crippen LogP contribution in [0, 0.1) is 21.7 Å². The first-order valence-corrected chi connectivity index (χ1v) is 10.7. The zero-order chi connectivity index (χ0) is 22.9. The Kier molecular flexibility index (Phi) is 6.23. The molecule has 12 heteroatoms. The SMILES string of the molecule is CN(C)c1ccc([N+](=O)[O-])cc1C(=O)N1CCN(S(=O)(=O)c2c(F)cccc2F)CC1. The highest BCUT2D eigenvalue weighted by Gasteiger charge is 2.35.